The lowest BCUT2D eigenvalue weighted by molar-refractivity contribution is 0.476. The molecule has 2 rings (SSSR count). The summed E-state index contributed by atoms with van der Waals surface area (Å²) in [6.45, 7) is 0. The molecule has 0 heterocycles. The molecule has 0 aromatic heterocycles. The Hall–Kier alpha value is -1.47. The number of halogens is 1. The second-order valence-corrected chi connectivity index (χ2v) is 3.44. The highest BCUT2D eigenvalue weighted by Gasteiger charge is 2.01. The largest absolute Gasteiger partial charge is 0.506 e. The molecule has 0 atom stereocenters. The van der Waals surface area contributed by atoms with Crippen LogP contribution in [-0.2, 0) is 0 Å². The molecule has 0 aliphatic rings. The van der Waals surface area contributed by atoms with Crippen LogP contribution in [0, 0.1) is 0 Å². The van der Waals surface area contributed by atoms with Crippen molar-refractivity contribution in [1.29, 1.82) is 0 Å². The molecule has 0 amide bonds. The Morgan fingerprint density at radius 1 is 0.857 bits per heavy atom. The maximum Gasteiger partial charge on any atom is 0.134 e. The molecule has 0 unspecified atom stereocenters. The molecule has 2 aromatic rings. The first-order valence-corrected chi connectivity index (χ1v) is 4.69. The van der Waals surface area contributed by atoms with E-state index in [-0.39, 0.29) is 5.75 Å². The van der Waals surface area contributed by atoms with Crippen molar-refractivity contribution in [1.82, 2.24) is 0 Å². The fourth-order valence-corrected chi connectivity index (χ4v) is 1.44. The fourth-order valence-electron chi connectivity index (χ4n) is 1.32. The lowest BCUT2D eigenvalue weighted by Crippen LogP contribution is -1.76. The third-order valence-electron chi connectivity index (χ3n) is 2.05. The maximum atomic E-state index is 9.43. The molecule has 70 valence electrons. The Labute approximate surface area is 87.6 Å². The van der Waals surface area contributed by atoms with E-state index in [4.69, 9.17) is 11.6 Å². The number of hydrogen-bond donors (Lipinski definition) is 1. The van der Waals surface area contributed by atoms with Crippen LogP contribution in [-0.4, -0.2) is 5.11 Å². The molecule has 0 aliphatic heterocycles. The molecule has 1 nitrogen and oxygen atoms in total. The number of benzene rings is 2. The van der Waals surface area contributed by atoms with Crippen LogP contribution in [0.2, 0.25) is 5.02 Å². The smallest absolute Gasteiger partial charge is 0.134 e. The Kier molecular flexibility index (Phi) is 2.42. The van der Waals surface area contributed by atoms with E-state index < -0.39 is 0 Å². The molecule has 0 radical (unpaired) electrons. The van der Waals surface area contributed by atoms with Crippen LogP contribution in [0.25, 0.3) is 11.1 Å². The predicted molar refractivity (Wildman–Crippen MR) is 58.6 cm³/mol. The molecule has 0 aliphatic carbocycles. The van der Waals surface area contributed by atoms with Gasteiger partial charge in [-0.3, -0.25) is 0 Å². The van der Waals surface area contributed by atoms with Gasteiger partial charge in [0.25, 0.3) is 0 Å². The van der Waals surface area contributed by atoms with Crippen LogP contribution < -0.4 is 0 Å². The van der Waals surface area contributed by atoms with Crippen molar-refractivity contribution < 1.29 is 5.11 Å². The normalized spacial score (nSPS) is 10.1. The second kappa shape index (κ2) is 3.72. The first kappa shape index (κ1) is 9.10. The van der Waals surface area contributed by atoms with Crippen molar-refractivity contribution in [2.45, 2.75) is 0 Å². The zero-order valence-electron chi connectivity index (χ0n) is 7.44. The molecule has 2 heteroatoms. The van der Waals surface area contributed by atoms with Gasteiger partial charge >= 0.3 is 0 Å². The number of phenolic OH excluding ortho intramolecular Hbond substituents is 1. The van der Waals surface area contributed by atoms with E-state index in [0.717, 1.165) is 11.1 Å². The van der Waals surface area contributed by atoms with Gasteiger partial charge < -0.3 is 5.11 Å². The Morgan fingerprint density at radius 2 is 1.57 bits per heavy atom. The molecule has 0 saturated heterocycles. The van der Waals surface area contributed by atoms with Crippen molar-refractivity contribution >= 4 is 11.6 Å². The van der Waals surface area contributed by atoms with Crippen LogP contribution >= 0.6 is 11.6 Å². The number of rotatable bonds is 1. The third kappa shape index (κ3) is 1.73. The van der Waals surface area contributed by atoms with E-state index in [2.05, 4.69) is 0 Å². The molecular weight excluding hydrogens is 196 g/mol. The summed E-state index contributed by atoms with van der Waals surface area (Å²) in [5, 5.41) is 9.81. The average molecular weight is 205 g/mol. The van der Waals surface area contributed by atoms with Crippen molar-refractivity contribution in [2.75, 3.05) is 0 Å². The van der Waals surface area contributed by atoms with Gasteiger partial charge in [-0.25, -0.2) is 0 Å². The van der Waals surface area contributed by atoms with Gasteiger partial charge in [0, 0.05) is 0 Å². The summed E-state index contributed by atoms with van der Waals surface area (Å²) < 4.78 is 0. The zero-order chi connectivity index (χ0) is 9.97. The Bertz CT molecular complexity index is 437. The highest BCUT2D eigenvalue weighted by molar-refractivity contribution is 6.32. The molecule has 0 saturated carbocycles. The van der Waals surface area contributed by atoms with E-state index >= 15 is 0 Å². The predicted octanol–water partition coefficient (Wildman–Crippen LogP) is 3.71. The van der Waals surface area contributed by atoms with E-state index in [9.17, 15) is 5.11 Å². The summed E-state index contributed by atoms with van der Waals surface area (Å²) in [6.07, 6.45) is 0. The van der Waals surface area contributed by atoms with Gasteiger partial charge in [0.15, 0.2) is 0 Å². The molecule has 0 bridgehead atoms. The summed E-state index contributed by atoms with van der Waals surface area (Å²) in [5.74, 6) is 0.119. The van der Waals surface area contributed by atoms with Crippen molar-refractivity contribution in [3.05, 3.63) is 53.6 Å². The zero-order valence-corrected chi connectivity index (χ0v) is 8.20. The van der Waals surface area contributed by atoms with Crippen LogP contribution in [0.5, 0.6) is 5.75 Å². The first-order chi connectivity index (χ1) is 6.77. The summed E-state index contributed by atoms with van der Waals surface area (Å²) in [6, 6.07) is 15.1. The highest BCUT2D eigenvalue weighted by Crippen LogP contribution is 2.29. The second-order valence-electron chi connectivity index (χ2n) is 3.03. The summed E-state index contributed by atoms with van der Waals surface area (Å²) in [5.41, 5.74) is 2.03. The molecule has 1 N–H and O–H groups in total. The van der Waals surface area contributed by atoms with E-state index in [1.807, 2.05) is 36.4 Å². The van der Waals surface area contributed by atoms with Gasteiger partial charge in [0.2, 0.25) is 0 Å². The number of aromatic hydroxyl groups is 1. The van der Waals surface area contributed by atoms with Crippen LogP contribution in [0.1, 0.15) is 0 Å². The Balaban J connectivity index is 2.48. The van der Waals surface area contributed by atoms with Gasteiger partial charge in [-0.05, 0) is 23.3 Å². The van der Waals surface area contributed by atoms with Crippen LogP contribution in [0.3, 0.4) is 0 Å². The summed E-state index contributed by atoms with van der Waals surface area (Å²) >= 11 is 5.72. The molecule has 14 heavy (non-hydrogen) atoms. The van der Waals surface area contributed by atoms with E-state index in [1.165, 1.54) is 0 Å². The van der Waals surface area contributed by atoms with Crippen LogP contribution in [0.15, 0.2) is 48.5 Å². The van der Waals surface area contributed by atoms with Crippen molar-refractivity contribution in [3.63, 3.8) is 0 Å². The van der Waals surface area contributed by atoms with Crippen molar-refractivity contribution in [2.24, 2.45) is 0 Å². The van der Waals surface area contributed by atoms with Crippen LogP contribution in [0.4, 0.5) is 0 Å². The molecule has 0 spiro atoms. The third-order valence-corrected chi connectivity index (χ3v) is 2.37. The van der Waals surface area contributed by atoms with Gasteiger partial charge in [0.1, 0.15) is 5.75 Å². The minimum Gasteiger partial charge on any atom is -0.506 e. The monoisotopic (exact) mass is 204 g/mol. The topological polar surface area (TPSA) is 20.2 Å². The van der Waals surface area contributed by atoms with Crippen molar-refractivity contribution in [3.8, 4) is 16.9 Å². The highest BCUT2D eigenvalue weighted by atomic mass is 35.5. The van der Waals surface area contributed by atoms with E-state index in [1.54, 1.807) is 12.1 Å². The first-order valence-electron chi connectivity index (χ1n) is 4.31. The fraction of sp³-hybridized carbons (Fsp3) is 0. The van der Waals surface area contributed by atoms with Gasteiger partial charge in [-0.2, -0.15) is 0 Å². The maximum absolute atomic E-state index is 9.43. The van der Waals surface area contributed by atoms with Gasteiger partial charge in [-0.15, -0.1) is 0 Å². The number of phenols is 1. The summed E-state index contributed by atoms with van der Waals surface area (Å²) in [4.78, 5) is 0. The average Bonchev–Trinajstić information content (AvgIpc) is 2.23. The minimum absolute atomic E-state index is 0.119. The SMILES string of the molecule is Oc1cc(-c2ccccc2)ccc1Cl. The van der Waals surface area contributed by atoms with Gasteiger partial charge in [-0.1, -0.05) is 48.0 Å². The number of hydrogen-bond acceptors (Lipinski definition) is 1. The molecular formula is C12H9ClO. The van der Waals surface area contributed by atoms with E-state index in [0.29, 0.717) is 5.02 Å². The summed E-state index contributed by atoms with van der Waals surface area (Å²) in [7, 11) is 0. The molecule has 2 aromatic carbocycles. The quantitative estimate of drug-likeness (QED) is 0.751. The Morgan fingerprint density at radius 3 is 2.21 bits per heavy atom. The lowest BCUT2D eigenvalue weighted by Gasteiger charge is -2.02. The van der Waals surface area contributed by atoms with Gasteiger partial charge in [0.05, 0.1) is 5.02 Å². The lowest BCUT2D eigenvalue weighted by atomic mass is 10.1. The standard InChI is InChI=1S/C12H9ClO/c13-11-7-6-10(8-12(11)14)9-4-2-1-3-5-9/h1-8,14H. The minimum atomic E-state index is 0.119. The molecule has 0 fully saturated rings.